The molecule has 1 aliphatic heterocycles. The van der Waals surface area contributed by atoms with Crippen LogP contribution in [0.15, 0.2) is 64.9 Å². The number of carbonyl (C=O) groups is 2. The molecule has 3 aromatic rings. The lowest BCUT2D eigenvalue weighted by atomic mass is 10.2. The van der Waals surface area contributed by atoms with E-state index in [4.69, 9.17) is 4.74 Å². The van der Waals surface area contributed by atoms with Crippen molar-refractivity contribution in [1.29, 1.82) is 0 Å². The molecule has 1 aliphatic rings. The fourth-order valence-electron chi connectivity index (χ4n) is 3.75. The number of nitrogens with one attached hydrogen (secondary N) is 2. The van der Waals surface area contributed by atoms with Crippen LogP contribution in [0, 0.1) is 0 Å². The Hall–Kier alpha value is -3.21. The summed E-state index contributed by atoms with van der Waals surface area (Å²) < 4.78 is 32.8. The van der Waals surface area contributed by atoms with Crippen LogP contribution in [0.2, 0.25) is 0 Å². The average Bonchev–Trinajstić information content (AvgIpc) is 3.37. The van der Waals surface area contributed by atoms with E-state index >= 15 is 0 Å². The van der Waals surface area contributed by atoms with Gasteiger partial charge in [0.05, 0.1) is 12.8 Å². The van der Waals surface area contributed by atoms with Crippen molar-refractivity contribution in [3.63, 3.8) is 0 Å². The lowest BCUT2D eigenvalue weighted by Crippen LogP contribution is -2.36. The first-order valence-corrected chi connectivity index (χ1v) is 13.2. The standard InChI is InChI=1S/C24H25N3O5S2/c1-32-20-8-4-3-7-19(20)26-23(28)17-9-11-18(12-10-17)25-24(29)22-21(13-16-33-22)34(30,31)27-14-5-2-6-15-27/h3-4,7-13,16H,2,5-6,14-15H2,1H3,(H,25,29)(H,26,28). The van der Waals surface area contributed by atoms with Crippen LogP contribution in [0.5, 0.6) is 5.75 Å². The van der Waals surface area contributed by atoms with Crippen LogP contribution in [0.3, 0.4) is 0 Å². The summed E-state index contributed by atoms with van der Waals surface area (Å²) in [4.78, 5) is 25.6. The third kappa shape index (κ3) is 5.14. The van der Waals surface area contributed by atoms with Gasteiger partial charge in [0.1, 0.15) is 15.5 Å². The van der Waals surface area contributed by atoms with Crippen molar-refractivity contribution in [3.05, 3.63) is 70.4 Å². The predicted molar refractivity (Wildman–Crippen MR) is 132 cm³/mol. The molecule has 2 aromatic carbocycles. The third-order valence-corrected chi connectivity index (χ3v) is 8.51. The number of hydrogen-bond donors (Lipinski definition) is 2. The van der Waals surface area contributed by atoms with Crippen LogP contribution in [0.25, 0.3) is 0 Å². The molecule has 1 saturated heterocycles. The van der Waals surface area contributed by atoms with Crippen LogP contribution >= 0.6 is 11.3 Å². The number of amides is 2. The normalized spacial score (nSPS) is 14.4. The zero-order chi connectivity index (χ0) is 24.1. The zero-order valence-corrected chi connectivity index (χ0v) is 20.2. The number of carbonyl (C=O) groups excluding carboxylic acids is 2. The van der Waals surface area contributed by atoms with Gasteiger partial charge in [0.2, 0.25) is 10.0 Å². The molecular formula is C24H25N3O5S2. The largest absolute Gasteiger partial charge is 0.495 e. The van der Waals surface area contributed by atoms with Gasteiger partial charge >= 0.3 is 0 Å². The highest BCUT2D eigenvalue weighted by molar-refractivity contribution is 7.89. The van der Waals surface area contributed by atoms with E-state index < -0.39 is 15.9 Å². The molecule has 1 aromatic heterocycles. The van der Waals surface area contributed by atoms with Gasteiger partial charge in [-0.25, -0.2) is 8.42 Å². The Bertz CT molecular complexity index is 1280. The quantitative estimate of drug-likeness (QED) is 0.500. The molecule has 1 fully saturated rings. The average molecular weight is 500 g/mol. The van der Waals surface area contributed by atoms with Gasteiger partial charge in [-0.1, -0.05) is 18.6 Å². The van der Waals surface area contributed by atoms with Crippen LogP contribution in [-0.4, -0.2) is 44.7 Å². The van der Waals surface area contributed by atoms with Crippen LogP contribution in [0.1, 0.15) is 39.3 Å². The second kappa shape index (κ2) is 10.4. The minimum atomic E-state index is -3.72. The maximum absolute atomic E-state index is 13.0. The Kier molecular flexibility index (Phi) is 7.30. The molecule has 0 atom stereocenters. The second-order valence-electron chi connectivity index (χ2n) is 7.76. The molecule has 2 heterocycles. The molecule has 10 heteroatoms. The molecule has 0 unspecified atom stereocenters. The predicted octanol–water partition coefficient (Wildman–Crippen LogP) is 4.44. The van der Waals surface area contributed by atoms with Crippen molar-refractivity contribution < 1.29 is 22.7 Å². The van der Waals surface area contributed by atoms with E-state index in [9.17, 15) is 18.0 Å². The van der Waals surface area contributed by atoms with Crippen LogP contribution in [0.4, 0.5) is 11.4 Å². The monoisotopic (exact) mass is 499 g/mol. The third-order valence-electron chi connectivity index (χ3n) is 5.53. The van der Waals surface area contributed by atoms with Gasteiger partial charge in [-0.05, 0) is 60.7 Å². The van der Waals surface area contributed by atoms with Gasteiger partial charge in [0, 0.05) is 24.3 Å². The highest BCUT2D eigenvalue weighted by Gasteiger charge is 2.31. The minimum Gasteiger partial charge on any atom is -0.495 e. The van der Waals surface area contributed by atoms with Crippen LogP contribution in [-0.2, 0) is 10.0 Å². The highest BCUT2D eigenvalue weighted by Crippen LogP contribution is 2.28. The number of thiophene rings is 1. The fourth-order valence-corrected chi connectivity index (χ4v) is 6.56. The smallest absolute Gasteiger partial charge is 0.267 e. The molecule has 8 nitrogen and oxygen atoms in total. The summed E-state index contributed by atoms with van der Waals surface area (Å²) in [5.74, 6) is -0.279. The number of para-hydroxylation sites is 2. The maximum Gasteiger partial charge on any atom is 0.267 e. The summed E-state index contributed by atoms with van der Waals surface area (Å²) in [5.41, 5.74) is 1.40. The zero-order valence-electron chi connectivity index (χ0n) is 18.6. The van der Waals surface area contributed by atoms with Crippen molar-refractivity contribution in [2.45, 2.75) is 24.2 Å². The van der Waals surface area contributed by atoms with Crippen molar-refractivity contribution in [1.82, 2.24) is 4.31 Å². The summed E-state index contributed by atoms with van der Waals surface area (Å²) in [7, 11) is -2.19. The first-order chi connectivity index (χ1) is 16.4. The molecule has 34 heavy (non-hydrogen) atoms. The first-order valence-electron chi connectivity index (χ1n) is 10.8. The Morgan fingerprint density at radius 3 is 2.32 bits per heavy atom. The molecule has 0 bridgehead atoms. The SMILES string of the molecule is COc1ccccc1NC(=O)c1ccc(NC(=O)c2sccc2S(=O)(=O)N2CCCCC2)cc1. The molecule has 2 amide bonds. The lowest BCUT2D eigenvalue weighted by Gasteiger charge is -2.25. The molecule has 0 saturated carbocycles. The molecule has 0 spiro atoms. The number of anilines is 2. The second-order valence-corrected chi connectivity index (χ2v) is 10.6. The molecule has 0 aliphatic carbocycles. The highest BCUT2D eigenvalue weighted by atomic mass is 32.2. The number of piperidine rings is 1. The van der Waals surface area contributed by atoms with Gasteiger partial charge in [-0.3, -0.25) is 9.59 Å². The first kappa shape index (κ1) is 23.9. The molecular weight excluding hydrogens is 474 g/mol. The lowest BCUT2D eigenvalue weighted by molar-refractivity contribution is 0.102. The number of ether oxygens (including phenoxy) is 1. The molecule has 178 valence electrons. The summed E-state index contributed by atoms with van der Waals surface area (Å²) in [5, 5.41) is 7.13. The van der Waals surface area contributed by atoms with E-state index in [-0.39, 0.29) is 15.7 Å². The number of nitrogens with zero attached hydrogens (tertiary/aromatic N) is 1. The molecule has 4 rings (SSSR count). The summed E-state index contributed by atoms with van der Waals surface area (Å²) in [6.07, 6.45) is 2.65. The number of sulfonamides is 1. The molecule has 0 radical (unpaired) electrons. The van der Waals surface area contributed by atoms with Gasteiger partial charge in [-0.15, -0.1) is 11.3 Å². The fraction of sp³-hybridized carbons (Fsp3) is 0.250. The maximum atomic E-state index is 13.0. The summed E-state index contributed by atoms with van der Waals surface area (Å²) in [6, 6.07) is 14.9. The van der Waals surface area contributed by atoms with Crippen molar-refractivity contribution in [2.24, 2.45) is 0 Å². The van der Waals surface area contributed by atoms with E-state index in [0.29, 0.717) is 35.8 Å². The Labute approximate surface area is 202 Å². The van der Waals surface area contributed by atoms with Gasteiger partial charge < -0.3 is 15.4 Å². The minimum absolute atomic E-state index is 0.0321. The van der Waals surface area contributed by atoms with Crippen molar-refractivity contribution in [3.8, 4) is 5.75 Å². The van der Waals surface area contributed by atoms with Gasteiger partial charge in [0.15, 0.2) is 0 Å². The number of methoxy groups -OCH3 is 1. The summed E-state index contributed by atoms with van der Waals surface area (Å²) in [6.45, 7) is 0.940. The topological polar surface area (TPSA) is 105 Å². The van der Waals surface area contributed by atoms with E-state index in [0.717, 1.165) is 30.6 Å². The van der Waals surface area contributed by atoms with E-state index in [2.05, 4.69) is 10.6 Å². The summed E-state index contributed by atoms with van der Waals surface area (Å²) >= 11 is 1.09. The molecule has 2 N–H and O–H groups in total. The number of hydrogen-bond acceptors (Lipinski definition) is 6. The van der Waals surface area contributed by atoms with Gasteiger partial charge in [-0.2, -0.15) is 4.31 Å². The van der Waals surface area contributed by atoms with Crippen molar-refractivity contribution in [2.75, 3.05) is 30.8 Å². The Morgan fingerprint density at radius 2 is 1.62 bits per heavy atom. The number of rotatable bonds is 7. The van der Waals surface area contributed by atoms with E-state index in [1.165, 1.54) is 17.5 Å². The van der Waals surface area contributed by atoms with Crippen molar-refractivity contribution >= 4 is 44.5 Å². The Morgan fingerprint density at radius 1 is 0.912 bits per heavy atom. The number of benzene rings is 2. The van der Waals surface area contributed by atoms with E-state index in [1.807, 2.05) is 6.07 Å². The Balaban J connectivity index is 1.45. The van der Waals surface area contributed by atoms with E-state index in [1.54, 1.807) is 47.8 Å². The van der Waals surface area contributed by atoms with Crippen LogP contribution < -0.4 is 15.4 Å². The van der Waals surface area contributed by atoms with Gasteiger partial charge in [0.25, 0.3) is 11.8 Å².